The van der Waals surface area contributed by atoms with Gasteiger partial charge < -0.3 is 15.0 Å². The monoisotopic (exact) mass is 328 g/mol. The molecule has 130 valence electrons. The van der Waals surface area contributed by atoms with Gasteiger partial charge in [0.2, 0.25) is 0 Å². The molecule has 1 N–H and O–H groups in total. The maximum absolute atomic E-state index is 13.5. The number of rotatable bonds is 7. The van der Waals surface area contributed by atoms with Crippen LogP contribution < -0.4 is 5.32 Å². The van der Waals surface area contributed by atoms with E-state index in [-0.39, 0.29) is 12.6 Å². The Hall–Kier alpha value is -1.69. The molecule has 1 amide bonds. The van der Waals surface area contributed by atoms with Gasteiger partial charge in [-0.1, -0.05) is 13.0 Å². The summed E-state index contributed by atoms with van der Waals surface area (Å²) >= 11 is 0. The smallest absolute Gasteiger partial charge is 0.410 e. The lowest BCUT2D eigenvalue weighted by molar-refractivity contribution is 0.0252. The Morgan fingerprint density at radius 1 is 1.26 bits per heavy atom. The summed E-state index contributed by atoms with van der Waals surface area (Å²) < 4.78 is 31.7. The average molecular weight is 328 g/mol. The Kier molecular flexibility index (Phi) is 7.42. The second-order valence-electron chi connectivity index (χ2n) is 6.38. The molecule has 0 heterocycles. The van der Waals surface area contributed by atoms with Gasteiger partial charge in [0, 0.05) is 37.8 Å². The molecular formula is C17H26F2N2O2. The molecule has 4 nitrogen and oxygen atoms in total. The van der Waals surface area contributed by atoms with Crippen molar-refractivity contribution >= 4 is 6.09 Å². The topological polar surface area (TPSA) is 41.6 Å². The number of nitrogens with zero attached hydrogens (tertiary/aromatic N) is 1. The number of nitrogens with one attached hydrogen (secondary N) is 1. The fourth-order valence-electron chi connectivity index (χ4n) is 1.99. The summed E-state index contributed by atoms with van der Waals surface area (Å²) in [5, 5.41) is 3.06. The Morgan fingerprint density at radius 3 is 2.52 bits per heavy atom. The molecule has 0 spiro atoms. The molecule has 0 radical (unpaired) electrons. The molecule has 23 heavy (non-hydrogen) atoms. The van der Waals surface area contributed by atoms with E-state index in [1.165, 1.54) is 12.1 Å². The Balaban J connectivity index is 2.45. The van der Waals surface area contributed by atoms with E-state index in [0.29, 0.717) is 25.2 Å². The first-order valence-corrected chi connectivity index (χ1v) is 7.85. The Labute approximate surface area is 136 Å². The molecule has 0 aliphatic rings. The minimum absolute atomic E-state index is 0.278. The van der Waals surface area contributed by atoms with Crippen molar-refractivity contribution in [1.29, 1.82) is 0 Å². The van der Waals surface area contributed by atoms with E-state index in [9.17, 15) is 13.6 Å². The summed E-state index contributed by atoms with van der Waals surface area (Å²) in [5.74, 6) is -1.17. The van der Waals surface area contributed by atoms with Gasteiger partial charge in [-0.25, -0.2) is 13.6 Å². The van der Waals surface area contributed by atoms with Gasteiger partial charge in [0.25, 0.3) is 0 Å². The van der Waals surface area contributed by atoms with Gasteiger partial charge in [-0.3, -0.25) is 0 Å². The molecular weight excluding hydrogens is 302 g/mol. The zero-order valence-electron chi connectivity index (χ0n) is 14.3. The van der Waals surface area contributed by atoms with Crippen LogP contribution in [0.4, 0.5) is 13.6 Å². The second-order valence-corrected chi connectivity index (χ2v) is 6.38. The van der Waals surface area contributed by atoms with E-state index in [2.05, 4.69) is 5.32 Å². The molecule has 0 bridgehead atoms. The number of hydrogen-bond donors (Lipinski definition) is 1. The third-order valence-corrected chi connectivity index (χ3v) is 3.03. The number of hydrogen-bond acceptors (Lipinski definition) is 3. The van der Waals surface area contributed by atoms with Crippen LogP contribution in [0.25, 0.3) is 0 Å². The Bertz CT molecular complexity index is 516. The van der Waals surface area contributed by atoms with E-state index in [4.69, 9.17) is 4.74 Å². The molecule has 0 fully saturated rings. The summed E-state index contributed by atoms with van der Waals surface area (Å²) in [6, 6.07) is 3.50. The van der Waals surface area contributed by atoms with Crippen molar-refractivity contribution in [3.8, 4) is 0 Å². The molecule has 0 unspecified atom stereocenters. The minimum Gasteiger partial charge on any atom is -0.444 e. The average Bonchev–Trinajstić information content (AvgIpc) is 2.42. The van der Waals surface area contributed by atoms with Crippen LogP contribution in [-0.4, -0.2) is 36.2 Å². The van der Waals surface area contributed by atoms with Crippen molar-refractivity contribution in [3.05, 3.63) is 35.4 Å². The van der Waals surface area contributed by atoms with E-state index >= 15 is 0 Å². The minimum atomic E-state index is -0.592. The van der Waals surface area contributed by atoms with Gasteiger partial charge in [0.1, 0.15) is 17.2 Å². The van der Waals surface area contributed by atoms with Crippen molar-refractivity contribution in [2.24, 2.45) is 0 Å². The Morgan fingerprint density at radius 2 is 1.96 bits per heavy atom. The van der Waals surface area contributed by atoms with Gasteiger partial charge in [-0.2, -0.15) is 0 Å². The highest BCUT2D eigenvalue weighted by molar-refractivity contribution is 5.68. The summed E-state index contributed by atoms with van der Waals surface area (Å²) in [4.78, 5) is 13.7. The van der Waals surface area contributed by atoms with Crippen LogP contribution in [0.15, 0.2) is 18.2 Å². The number of ether oxygens (including phenoxy) is 1. The number of carbonyl (C=O) groups is 1. The van der Waals surface area contributed by atoms with E-state index in [1.807, 2.05) is 27.7 Å². The molecule has 0 aliphatic heterocycles. The van der Waals surface area contributed by atoms with Crippen LogP contribution in [0.2, 0.25) is 0 Å². The molecule has 0 saturated heterocycles. The molecule has 0 aromatic heterocycles. The van der Waals surface area contributed by atoms with Crippen molar-refractivity contribution in [2.45, 2.75) is 46.3 Å². The molecule has 0 aliphatic carbocycles. The predicted octanol–water partition coefficient (Wildman–Crippen LogP) is 3.70. The van der Waals surface area contributed by atoms with Gasteiger partial charge in [-0.05, 0) is 33.3 Å². The quantitative estimate of drug-likeness (QED) is 0.776. The highest BCUT2D eigenvalue weighted by Crippen LogP contribution is 2.11. The summed E-state index contributed by atoms with van der Waals surface area (Å²) in [6.07, 6.45) is 0.473. The van der Waals surface area contributed by atoms with Crippen LogP contribution in [0.3, 0.4) is 0 Å². The van der Waals surface area contributed by atoms with Crippen molar-refractivity contribution in [3.63, 3.8) is 0 Å². The molecule has 0 atom stereocenters. The highest BCUT2D eigenvalue weighted by Gasteiger charge is 2.21. The van der Waals surface area contributed by atoms with E-state index in [1.54, 1.807) is 4.90 Å². The van der Waals surface area contributed by atoms with Crippen LogP contribution >= 0.6 is 0 Å². The van der Waals surface area contributed by atoms with Crippen molar-refractivity contribution in [1.82, 2.24) is 10.2 Å². The lowest BCUT2D eigenvalue weighted by atomic mass is 10.2. The number of amides is 1. The third-order valence-electron chi connectivity index (χ3n) is 3.03. The molecule has 1 rings (SSSR count). The largest absolute Gasteiger partial charge is 0.444 e. The normalized spacial score (nSPS) is 11.4. The fourth-order valence-corrected chi connectivity index (χ4v) is 1.99. The van der Waals surface area contributed by atoms with Crippen LogP contribution in [0, 0.1) is 11.6 Å². The zero-order chi connectivity index (χ0) is 17.5. The predicted molar refractivity (Wildman–Crippen MR) is 86.2 cm³/mol. The molecule has 1 aromatic carbocycles. The number of benzene rings is 1. The van der Waals surface area contributed by atoms with Gasteiger partial charge >= 0.3 is 6.09 Å². The van der Waals surface area contributed by atoms with Crippen LogP contribution in [0.1, 0.15) is 39.7 Å². The molecule has 1 aromatic rings. The molecule has 0 saturated carbocycles. The van der Waals surface area contributed by atoms with E-state index in [0.717, 1.165) is 12.5 Å². The SMILES string of the molecule is CCCN(CCNCc1ccc(F)cc1F)C(=O)OC(C)(C)C. The fraction of sp³-hybridized carbons (Fsp3) is 0.588. The number of carbonyl (C=O) groups excluding carboxylic acids is 1. The van der Waals surface area contributed by atoms with Gasteiger partial charge in [0.15, 0.2) is 0 Å². The third kappa shape index (κ3) is 7.41. The van der Waals surface area contributed by atoms with Crippen molar-refractivity contribution < 1.29 is 18.3 Å². The van der Waals surface area contributed by atoms with Crippen molar-refractivity contribution in [2.75, 3.05) is 19.6 Å². The van der Waals surface area contributed by atoms with Gasteiger partial charge in [0.05, 0.1) is 0 Å². The first-order valence-electron chi connectivity index (χ1n) is 7.85. The number of halogens is 2. The summed E-state index contributed by atoms with van der Waals surface area (Å²) in [7, 11) is 0. The summed E-state index contributed by atoms with van der Waals surface area (Å²) in [6.45, 7) is 9.29. The zero-order valence-corrected chi connectivity index (χ0v) is 14.3. The van der Waals surface area contributed by atoms with E-state index < -0.39 is 17.2 Å². The lowest BCUT2D eigenvalue weighted by Crippen LogP contribution is -2.40. The maximum atomic E-state index is 13.5. The first kappa shape index (κ1) is 19.4. The highest BCUT2D eigenvalue weighted by atomic mass is 19.1. The maximum Gasteiger partial charge on any atom is 0.410 e. The second kappa shape index (κ2) is 8.82. The standard InChI is InChI=1S/C17H26F2N2O2/c1-5-9-21(16(22)23-17(2,3)4)10-8-20-12-13-6-7-14(18)11-15(13)19/h6-7,11,20H,5,8-10,12H2,1-4H3. The van der Waals surface area contributed by atoms with Crippen LogP contribution in [-0.2, 0) is 11.3 Å². The summed E-state index contributed by atoms with van der Waals surface area (Å²) in [5.41, 5.74) is -0.140. The van der Waals surface area contributed by atoms with Crippen LogP contribution in [0.5, 0.6) is 0 Å². The molecule has 6 heteroatoms. The van der Waals surface area contributed by atoms with Gasteiger partial charge in [-0.15, -0.1) is 0 Å². The lowest BCUT2D eigenvalue weighted by Gasteiger charge is -2.27. The first-order chi connectivity index (χ1) is 10.7.